The van der Waals surface area contributed by atoms with Gasteiger partial charge in [0.1, 0.15) is 5.71 Å². The van der Waals surface area contributed by atoms with E-state index in [2.05, 4.69) is 4.90 Å². The number of amides is 3. The van der Waals surface area contributed by atoms with Crippen molar-refractivity contribution in [2.75, 3.05) is 45.2 Å². The first-order valence-corrected chi connectivity index (χ1v) is 10.4. The van der Waals surface area contributed by atoms with Gasteiger partial charge in [-0.3, -0.25) is 0 Å². The average molecular weight is 414 g/mol. The Kier molecular flexibility index (Phi) is 5.29. The molecule has 1 atom stereocenters. The average Bonchev–Trinajstić information content (AvgIpc) is 2.65. The molecule has 1 saturated heterocycles. The molecule has 0 aliphatic carbocycles. The lowest BCUT2D eigenvalue weighted by molar-refractivity contribution is -0.405. The Morgan fingerprint density at radius 1 is 1.15 bits per heavy atom. The van der Waals surface area contributed by atoms with Gasteiger partial charge in [0.15, 0.2) is 0 Å². The molecule has 0 radical (unpaired) electrons. The van der Waals surface area contributed by atoms with Crippen molar-refractivity contribution in [2.45, 2.75) is 12.2 Å². The Morgan fingerprint density at radius 3 is 2.37 bits per heavy atom. The minimum atomic E-state index is -3.93. The van der Waals surface area contributed by atoms with Gasteiger partial charge in [-0.1, -0.05) is 17.7 Å². The van der Waals surface area contributed by atoms with E-state index in [1.165, 1.54) is 29.9 Å². The second-order valence-corrected chi connectivity index (χ2v) is 9.13. The molecule has 0 N–H and O–H groups in total. The highest BCUT2D eigenvalue weighted by molar-refractivity contribution is 7.91. The number of halogens is 1. The predicted octanol–water partition coefficient (Wildman–Crippen LogP) is 0.856. The van der Waals surface area contributed by atoms with E-state index in [1.807, 2.05) is 18.2 Å². The number of nitrogens with zero attached hydrogens (tertiary/aromatic N) is 4. The highest BCUT2D eigenvalue weighted by Gasteiger charge is 2.52. The van der Waals surface area contributed by atoms with Crippen molar-refractivity contribution in [1.82, 2.24) is 9.21 Å². The molecule has 10 heteroatoms. The van der Waals surface area contributed by atoms with Crippen LogP contribution in [0.5, 0.6) is 0 Å². The smallest absolute Gasteiger partial charge is 0.369 e. The van der Waals surface area contributed by atoms with Crippen molar-refractivity contribution in [1.29, 1.82) is 0 Å². The monoisotopic (exact) mass is 413 g/mol. The van der Waals surface area contributed by atoms with Gasteiger partial charge >= 0.3 is 11.9 Å². The SMILES string of the molecule is CC1=[N+](C)C(=O)N(C)C(=O)C1S(=O)(=O)N1CCN(c2cccc(Cl)c2)CC1. The number of carbonyl (C=O) groups is 2. The molecule has 0 aromatic heterocycles. The van der Waals surface area contributed by atoms with Crippen LogP contribution in [0.2, 0.25) is 5.02 Å². The van der Waals surface area contributed by atoms with Crippen LogP contribution in [0, 0.1) is 0 Å². The van der Waals surface area contributed by atoms with Gasteiger partial charge in [0.2, 0.25) is 15.3 Å². The summed E-state index contributed by atoms with van der Waals surface area (Å²) in [5, 5.41) is -0.751. The van der Waals surface area contributed by atoms with Crippen LogP contribution in [-0.2, 0) is 14.8 Å². The van der Waals surface area contributed by atoms with E-state index in [0.29, 0.717) is 18.1 Å². The summed E-state index contributed by atoms with van der Waals surface area (Å²) in [7, 11) is -1.16. The summed E-state index contributed by atoms with van der Waals surface area (Å²) in [5.41, 5.74) is 1.15. The molecule has 1 aromatic carbocycles. The summed E-state index contributed by atoms with van der Waals surface area (Å²) in [6.07, 6.45) is 0. The lowest BCUT2D eigenvalue weighted by Gasteiger charge is -2.37. The van der Waals surface area contributed by atoms with Crippen LogP contribution in [0.15, 0.2) is 24.3 Å². The zero-order chi connectivity index (χ0) is 19.9. The zero-order valence-electron chi connectivity index (χ0n) is 15.4. The fourth-order valence-corrected chi connectivity index (χ4v) is 5.52. The molecule has 0 spiro atoms. The van der Waals surface area contributed by atoms with Crippen LogP contribution in [0.1, 0.15) is 6.92 Å². The first-order valence-electron chi connectivity index (χ1n) is 8.52. The molecule has 27 heavy (non-hydrogen) atoms. The van der Waals surface area contributed by atoms with E-state index >= 15 is 0 Å². The first kappa shape index (κ1) is 19.8. The molecule has 2 heterocycles. The summed E-state index contributed by atoms with van der Waals surface area (Å²) < 4.78 is 28.8. The van der Waals surface area contributed by atoms with Crippen molar-refractivity contribution in [3.63, 3.8) is 0 Å². The highest BCUT2D eigenvalue weighted by atomic mass is 35.5. The molecule has 3 amide bonds. The molecule has 1 fully saturated rings. The van der Waals surface area contributed by atoms with Crippen molar-refractivity contribution < 1.29 is 22.6 Å². The number of rotatable bonds is 3. The zero-order valence-corrected chi connectivity index (χ0v) is 17.0. The number of benzene rings is 1. The first-order chi connectivity index (χ1) is 12.6. The maximum Gasteiger partial charge on any atom is 0.500 e. The van der Waals surface area contributed by atoms with E-state index in [4.69, 9.17) is 11.6 Å². The van der Waals surface area contributed by atoms with Gasteiger partial charge in [-0.2, -0.15) is 18.6 Å². The minimum absolute atomic E-state index is 0.223. The number of imide groups is 1. The molecule has 3 rings (SSSR count). The predicted molar refractivity (Wildman–Crippen MR) is 103 cm³/mol. The Labute approximate surface area is 163 Å². The van der Waals surface area contributed by atoms with Crippen LogP contribution in [-0.4, -0.2) is 85.4 Å². The summed E-state index contributed by atoms with van der Waals surface area (Å²) in [6, 6.07) is 6.86. The van der Waals surface area contributed by atoms with Crippen LogP contribution < -0.4 is 4.90 Å². The number of sulfonamides is 1. The van der Waals surface area contributed by atoms with Crippen molar-refractivity contribution >= 4 is 45.0 Å². The highest BCUT2D eigenvalue weighted by Crippen LogP contribution is 2.23. The summed E-state index contributed by atoms with van der Waals surface area (Å²) in [6.45, 7) is 3.00. The molecule has 2 aliphatic heterocycles. The standard InChI is InChI=1S/C17H22ClN4O4S/c1-12-15(16(23)20(3)17(24)19(12)2)27(25,26)22-9-7-21(8-10-22)14-6-4-5-13(18)11-14/h4-6,11,15H,7-10H2,1-3H3/q+1. The van der Waals surface area contributed by atoms with Crippen molar-refractivity contribution in [2.24, 2.45) is 0 Å². The van der Waals surface area contributed by atoms with Gasteiger partial charge < -0.3 is 4.90 Å². The van der Waals surface area contributed by atoms with E-state index < -0.39 is 27.2 Å². The third-order valence-electron chi connectivity index (χ3n) is 5.11. The normalized spacial score (nSPS) is 22.6. The van der Waals surface area contributed by atoms with Crippen molar-refractivity contribution in [3.05, 3.63) is 29.3 Å². The maximum absolute atomic E-state index is 13.1. The van der Waals surface area contributed by atoms with Crippen LogP contribution in [0.4, 0.5) is 10.5 Å². The molecule has 0 saturated carbocycles. The van der Waals surface area contributed by atoms with E-state index in [9.17, 15) is 18.0 Å². The third kappa shape index (κ3) is 3.46. The third-order valence-corrected chi connectivity index (χ3v) is 7.57. The molecule has 146 valence electrons. The number of carbonyl (C=O) groups excluding carboxylic acids is 2. The van der Waals surface area contributed by atoms with Gasteiger partial charge in [0.05, 0.1) is 14.1 Å². The summed E-state index contributed by atoms with van der Waals surface area (Å²) in [5.74, 6) is -0.715. The fraction of sp³-hybridized carbons (Fsp3) is 0.471. The Balaban J connectivity index is 1.81. The van der Waals surface area contributed by atoms with Gasteiger partial charge in [0.25, 0.3) is 0 Å². The largest absolute Gasteiger partial charge is 0.500 e. The quantitative estimate of drug-likeness (QED) is 0.686. The number of piperazine rings is 1. The Morgan fingerprint density at radius 2 is 1.78 bits per heavy atom. The summed E-state index contributed by atoms with van der Waals surface area (Å²) >= 11 is 6.03. The number of hydrogen-bond acceptors (Lipinski definition) is 5. The van der Waals surface area contributed by atoms with Crippen molar-refractivity contribution in [3.8, 4) is 0 Å². The fourth-order valence-electron chi connectivity index (χ4n) is 3.37. The lowest BCUT2D eigenvalue weighted by Crippen LogP contribution is -2.61. The molecule has 1 unspecified atom stereocenters. The van der Waals surface area contributed by atoms with Gasteiger partial charge in [0, 0.05) is 36.9 Å². The Bertz CT molecular complexity index is 923. The maximum atomic E-state index is 13.1. The minimum Gasteiger partial charge on any atom is -0.369 e. The number of urea groups is 1. The van der Waals surface area contributed by atoms with E-state index in [-0.39, 0.29) is 18.8 Å². The van der Waals surface area contributed by atoms with Gasteiger partial charge in [-0.05, 0) is 25.1 Å². The topological polar surface area (TPSA) is 81.0 Å². The van der Waals surface area contributed by atoms with Crippen LogP contribution >= 0.6 is 11.6 Å². The molecule has 1 aromatic rings. The number of anilines is 1. The van der Waals surface area contributed by atoms with Crippen LogP contribution in [0.25, 0.3) is 0 Å². The molecule has 8 nitrogen and oxygen atoms in total. The van der Waals surface area contributed by atoms with E-state index in [1.54, 1.807) is 6.07 Å². The molecular weight excluding hydrogens is 392 g/mol. The van der Waals surface area contributed by atoms with Gasteiger partial charge in [-0.25, -0.2) is 13.2 Å². The molecule has 0 bridgehead atoms. The second kappa shape index (κ2) is 7.21. The lowest BCUT2D eigenvalue weighted by atomic mass is 10.2. The molecule has 2 aliphatic rings. The number of hydrogen-bond donors (Lipinski definition) is 0. The second-order valence-electron chi connectivity index (χ2n) is 6.67. The summed E-state index contributed by atoms with van der Waals surface area (Å²) in [4.78, 5) is 27.5. The van der Waals surface area contributed by atoms with Gasteiger partial charge in [-0.15, -0.1) is 0 Å². The van der Waals surface area contributed by atoms with Crippen LogP contribution in [0.3, 0.4) is 0 Å². The Hall–Kier alpha value is -1.97. The van der Waals surface area contributed by atoms with E-state index in [0.717, 1.165) is 10.6 Å². The molecular formula is C17H22ClN4O4S+.